The summed E-state index contributed by atoms with van der Waals surface area (Å²) < 4.78 is 10.4. The van der Waals surface area contributed by atoms with E-state index in [1.54, 1.807) is 18.2 Å². The van der Waals surface area contributed by atoms with Crippen molar-refractivity contribution < 1.29 is 24.0 Å². The number of amides is 2. The number of methoxy groups -OCH3 is 1. The number of rotatable bonds is 3. The van der Waals surface area contributed by atoms with E-state index in [9.17, 15) is 9.59 Å². The molecule has 3 rings (SSSR count). The summed E-state index contributed by atoms with van der Waals surface area (Å²) in [5.74, 6) is 0.165. The predicted molar refractivity (Wildman–Crippen MR) is 80.4 cm³/mol. The van der Waals surface area contributed by atoms with Gasteiger partial charge in [0.05, 0.1) is 37.5 Å². The van der Waals surface area contributed by atoms with Crippen molar-refractivity contribution in [3.8, 4) is 5.75 Å². The van der Waals surface area contributed by atoms with Crippen LogP contribution in [-0.4, -0.2) is 51.3 Å². The number of imide groups is 1. The second-order valence-corrected chi connectivity index (χ2v) is 5.82. The predicted octanol–water partition coefficient (Wildman–Crippen LogP) is -0.104. The lowest BCUT2D eigenvalue weighted by molar-refractivity contribution is -0.922. The molecule has 0 radical (unpaired) electrons. The molecule has 0 spiro atoms. The number of halogens is 1. The van der Waals surface area contributed by atoms with E-state index in [0.29, 0.717) is 29.7 Å². The quantitative estimate of drug-likeness (QED) is 0.788. The fourth-order valence-corrected chi connectivity index (χ4v) is 3.25. The average Bonchev–Trinajstić information content (AvgIpc) is 2.83. The van der Waals surface area contributed by atoms with Crippen molar-refractivity contribution in [2.24, 2.45) is 0 Å². The van der Waals surface area contributed by atoms with Gasteiger partial charge in [-0.1, -0.05) is 11.6 Å². The molecule has 22 heavy (non-hydrogen) atoms. The van der Waals surface area contributed by atoms with Gasteiger partial charge in [-0.3, -0.25) is 9.59 Å². The summed E-state index contributed by atoms with van der Waals surface area (Å²) in [6.07, 6.45) is 0.234. The monoisotopic (exact) mass is 325 g/mol. The van der Waals surface area contributed by atoms with E-state index in [4.69, 9.17) is 21.1 Å². The molecule has 0 bridgehead atoms. The molecule has 2 fully saturated rings. The van der Waals surface area contributed by atoms with Crippen LogP contribution in [0.2, 0.25) is 5.02 Å². The summed E-state index contributed by atoms with van der Waals surface area (Å²) in [4.78, 5) is 27.3. The molecule has 0 saturated carbocycles. The van der Waals surface area contributed by atoms with E-state index >= 15 is 0 Å². The Labute approximate surface area is 133 Å². The highest BCUT2D eigenvalue weighted by atomic mass is 35.5. The van der Waals surface area contributed by atoms with Crippen LogP contribution in [0.15, 0.2) is 18.2 Å². The Morgan fingerprint density at radius 2 is 2.05 bits per heavy atom. The molecule has 2 heterocycles. The lowest BCUT2D eigenvalue weighted by atomic mass is 10.2. The summed E-state index contributed by atoms with van der Waals surface area (Å²) in [5.41, 5.74) is 0.496. The Morgan fingerprint density at radius 3 is 2.68 bits per heavy atom. The van der Waals surface area contributed by atoms with Crippen LogP contribution < -0.4 is 14.5 Å². The first-order valence-electron chi connectivity index (χ1n) is 7.24. The lowest BCUT2D eigenvalue weighted by Gasteiger charge is -2.27. The van der Waals surface area contributed by atoms with Gasteiger partial charge in [0.1, 0.15) is 18.8 Å². The first kappa shape index (κ1) is 15.3. The minimum atomic E-state index is -0.322. The Bertz CT molecular complexity index is 601. The topological polar surface area (TPSA) is 60.3 Å². The molecular formula is C15H18ClN2O4+. The second kappa shape index (κ2) is 6.24. The molecule has 1 N–H and O–H groups in total. The zero-order chi connectivity index (χ0) is 15.7. The third kappa shape index (κ3) is 2.69. The van der Waals surface area contributed by atoms with Crippen LogP contribution in [0.5, 0.6) is 5.75 Å². The van der Waals surface area contributed by atoms with Gasteiger partial charge in [-0.25, -0.2) is 4.90 Å². The van der Waals surface area contributed by atoms with Crippen molar-refractivity contribution in [2.75, 3.05) is 38.3 Å². The van der Waals surface area contributed by atoms with E-state index in [1.165, 1.54) is 12.0 Å². The normalized spacial score (nSPS) is 23.2. The molecule has 2 aliphatic heterocycles. The number of nitrogens with zero attached hydrogens (tertiary/aromatic N) is 1. The van der Waals surface area contributed by atoms with Crippen molar-refractivity contribution in [2.45, 2.75) is 12.5 Å². The van der Waals surface area contributed by atoms with E-state index < -0.39 is 0 Å². The van der Waals surface area contributed by atoms with Crippen LogP contribution in [0.25, 0.3) is 0 Å². The zero-order valence-corrected chi connectivity index (χ0v) is 13.1. The minimum absolute atomic E-state index is 0.164. The molecule has 1 aromatic rings. The fourth-order valence-electron chi connectivity index (χ4n) is 3.00. The van der Waals surface area contributed by atoms with Crippen LogP contribution in [0.1, 0.15) is 6.42 Å². The number of hydrogen-bond acceptors (Lipinski definition) is 4. The summed E-state index contributed by atoms with van der Waals surface area (Å²) >= 11 is 6.09. The number of morpholine rings is 1. The maximum absolute atomic E-state index is 12.7. The van der Waals surface area contributed by atoms with Crippen molar-refractivity contribution in [3.63, 3.8) is 0 Å². The van der Waals surface area contributed by atoms with Gasteiger partial charge in [0.25, 0.3) is 5.91 Å². The molecule has 2 amide bonds. The second-order valence-electron chi connectivity index (χ2n) is 5.41. The molecule has 118 valence electrons. The highest BCUT2D eigenvalue weighted by molar-refractivity contribution is 6.32. The molecule has 7 heteroatoms. The molecule has 1 aromatic carbocycles. The van der Waals surface area contributed by atoms with Gasteiger partial charge in [0, 0.05) is 0 Å². The Morgan fingerprint density at radius 1 is 1.32 bits per heavy atom. The molecule has 0 unspecified atom stereocenters. The van der Waals surface area contributed by atoms with Gasteiger partial charge in [-0.15, -0.1) is 0 Å². The summed E-state index contributed by atoms with van der Waals surface area (Å²) in [6, 6.07) is 4.61. The Kier molecular flexibility index (Phi) is 4.33. The number of hydrogen-bond donors (Lipinski definition) is 1. The van der Waals surface area contributed by atoms with Gasteiger partial charge in [-0.05, 0) is 18.2 Å². The number of benzene rings is 1. The Hall–Kier alpha value is -1.63. The maximum Gasteiger partial charge on any atom is 0.292 e. The highest BCUT2D eigenvalue weighted by Gasteiger charge is 2.46. The van der Waals surface area contributed by atoms with Crippen LogP contribution in [0, 0.1) is 0 Å². The summed E-state index contributed by atoms with van der Waals surface area (Å²) in [5, 5.41) is 0.378. The summed E-state index contributed by atoms with van der Waals surface area (Å²) in [6.45, 7) is 2.76. The van der Waals surface area contributed by atoms with Crippen molar-refractivity contribution in [1.82, 2.24) is 0 Å². The van der Waals surface area contributed by atoms with E-state index in [-0.39, 0.29) is 24.3 Å². The van der Waals surface area contributed by atoms with Crippen LogP contribution in [0.3, 0.4) is 0 Å². The van der Waals surface area contributed by atoms with E-state index in [2.05, 4.69) is 0 Å². The fraction of sp³-hybridized carbons (Fsp3) is 0.467. The van der Waals surface area contributed by atoms with Gasteiger partial charge in [0.2, 0.25) is 5.91 Å². The first-order valence-corrected chi connectivity index (χ1v) is 7.62. The van der Waals surface area contributed by atoms with Crippen molar-refractivity contribution in [3.05, 3.63) is 23.2 Å². The molecule has 0 aliphatic carbocycles. The number of carbonyl (C=O) groups is 2. The number of ether oxygens (including phenoxy) is 2. The van der Waals surface area contributed by atoms with Gasteiger partial charge in [0.15, 0.2) is 6.04 Å². The summed E-state index contributed by atoms with van der Waals surface area (Å²) in [7, 11) is 1.52. The van der Waals surface area contributed by atoms with E-state index in [0.717, 1.165) is 18.0 Å². The molecule has 6 nitrogen and oxygen atoms in total. The van der Waals surface area contributed by atoms with Gasteiger partial charge < -0.3 is 14.4 Å². The molecule has 1 atom stereocenters. The maximum atomic E-state index is 12.7. The molecular weight excluding hydrogens is 308 g/mol. The van der Waals surface area contributed by atoms with E-state index in [1.807, 2.05) is 0 Å². The highest BCUT2D eigenvalue weighted by Crippen LogP contribution is 2.31. The molecule has 2 saturated heterocycles. The molecule has 0 aromatic heterocycles. The van der Waals surface area contributed by atoms with Crippen LogP contribution in [0.4, 0.5) is 5.69 Å². The van der Waals surface area contributed by atoms with Gasteiger partial charge >= 0.3 is 0 Å². The third-order valence-corrected chi connectivity index (χ3v) is 4.46. The van der Waals surface area contributed by atoms with Crippen LogP contribution >= 0.6 is 11.6 Å². The molecule has 2 aliphatic rings. The SMILES string of the molecule is COc1ccc(N2C(=O)C[C@@H]([NH+]3CCOCC3)C2=O)cc1Cl. The lowest BCUT2D eigenvalue weighted by Crippen LogP contribution is -3.18. The largest absolute Gasteiger partial charge is 0.495 e. The van der Waals surface area contributed by atoms with Crippen LogP contribution in [-0.2, 0) is 14.3 Å². The van der Waals surface area contributed by atoms with Gasteiger partial charge in [-0.2, -0.15) is 0 Å². The Balaban J connectivity index is 1.83. The number of nitrogens with one attached hydrogen (secondary N) is 1. The number of carbonyl (C=O) groups excluding carboxylic acids is 2. The average molecular weight is 326 g/mol. The van der Waals surface area contributed by atoms with Crippen molar-refractivity contribution >= 4 is 29.1 Å². The smallest absolute Gasteiger partial charge is 0.292 e. The third-order valence-electron chi connectivity index (χ3n) is 4.17. The zero-order valence-electron chi connectivity index (χ0n) is 12.3. The first-order chi connectivity index (χ1) is 10.6. The van der Waals surface area contributed by atoms with Crippen molar-refractivity contribution in [1.29, 1.82) is 0 Å². The number of quaternary nitrogens is 1. The standard InChI is InChI=1S/C15H17ClN2O4/c1-21-13-3-2-10(8-11(13)16)18-14(19)9-12(15(18)20)17-4-6-22-7-5-17/h2-3,8,12H,4-7,9H2,1H3/p+1/t12-/m1/s1. The minimum Gasteiger partial charge on any atom is -0.495 e. The number of anilines is 1.